The summed E-state index contributed by atoms with van der Waals surface area (Å²) in [5.74, 6) is 0.527. The van der Waals surface area contributed by atoms with Crippen molar-refractivity contribution in [2.75, 3.05) is 17.8 Å². The average Bonchev–Trinajstić information content (AvgIpc) is 2.84. The lowest BCUT2D eigenvalue weighted by Gasteiger charge is -2.31. The molecule has 178 valence electrons. The first-order chi connectivity index (χ1) is 16.4. The number of amides is 1. The molecule has 0 radical (unpaired) electrons. The van der Waals surface area contributed by atoms with Crippen LogP contribution >= 0.6 is 0 Å². The fourth-order valence-corrected chi connectivity index (χ4v) is 5.42. The van der Waals surface area contributed by atoms with Crippen molar-refractivity contribution in [3.63, 3.8) is 0 Å². The first kappa shape index (κ1) is 24.0. The van der Waals surface area contributed by atoms with Gasteiger partial charge in [0.1, 0.15) is 0 Å². The summed E-state index contributed by atoms with van der Waals surface area (Å²) in [4.78, 5) is 15.4. The van der Waals surface area contributed by atoms with E-state index >= 15 is 0 Å². The van der Waals surface area contributed by atoms with E-state index in [1.165, 1.54) is 30.5 Å². The van der Waals surface area contributed by atoms with E-state index in [0.717, 1.165) is 31.1 Å². The lowest BCUT2D eigenvalue weighted by molar-refractivity contribution is 0.0950. The van der Waals surface area contributed by atoms with Gasteiger partial charge in [-0.15, -0.1) is 0 Å². The molecule has 0 aliphatic carbocycles. The fraction of sp³-hybridized carbons (Fsp3) is 0.296. The third kappa shape index (κ3) is 6.24. The number of likely N-dealkylation sites (tertiary alicyclic amines) is 1. The Hall–Kier alpha value is -3.16. The second-order valence-electron chi connectivity index (χ2n) is 8.93. The number of sulfonamides is 1. The average molecular weight is 478 g/mol. The summed E-state index contributed by atoms with van der Waals surface area (Å²) in [5, 5.41) is 3.00. The van der Waals surface area contributed by atoms with Gasteiger partial charge >= 0.3 is 0 Å². The van der Waals surface area contributed by atoms with E-state index in [9.17, 15) is 13.2 Å². The van der Waals surface area contributed by atoms with E-state index < -0.39 is 10.0 Å². The molecule has 0 spiro atoms. The number of carbonyl (C=O) groups excluding carboxylic acids is 1. The lowest BCUT2D eigenvalue weighted by atomic mass is 9.99. The molecule has 0 aromatic heterocycles. The third-order valence-electron chi connectivity index (χ3n) is 6.15. The Morgan fingerprint density at radius 2 is 1.62 bits per heavy atom. The molecule has 1 heterocycles. The van der Waals surface area contributed by atoms with Gasteiger partial charge in [-0.25, -0.2) is 8.42 Å². The Kier molecular flexibility index (Phi) is 7.65. The number of piperidine rings is 1. The first-order valence-corrected chi connectivity index (χ1v) is 13.1. The highest BCUT2D eigenvalue weighted by Gasteiger charge is 2.18. The fourth-order valence-electron chi connectivity index (χ4n) is 4.34. The van der Waals surface area contributed by atoms with Gasteiger partial charge in [-0.3, -0.25) is 14.4 Å². The van der Waals surface area contributed by atoms with Gasteiger partial charge in [0.2, 0.25) is 0 Å². The van der Waals surface area contributed by atoms with Crippen LogP contribution < -0.4 is 10.0 Å². The first-order valence-electron chi connectivity index (χ1n) is 11.7. The number of benzene rings is 3. The van der Waals surface area contributed by atoms with Gasteiger partial charge in [-0.1, -0.05) is 49.4 Å². The van der Waals surface area contributed by atoms with Crippen LogP contribution in [0.3, 0.4) is 0 Å². The van der Waals surface area contributed by atoms with Crippen LogP contribution in [0, 0.1) is 5.92 Å². The van der Waals surface area contributed by atoms with Crippen molar-refractivity contribution in [3.05, 3.63) is 95.6 Å². The molecule has 0 bridgehead atoms. The number of hydrogen-bond acceptors (Lipinski definition) is 4. The van der Waals surface area contributed by atoms with Gasteiger partial charge in [-0.2, -0.15) is 0 Å². The summed E-state index contributed by atoms with van der Waals surface area (Å²) in [6, 6.07) is 22.9. The molecule has 6 nitrogen and oxygen atoms in total. The molecule has 34 heavy (non-hydrogen) atoms. The van der Waals surface area contributed by atoms with Gasteiger partial charge in [0, 0.05) is 30.9 Å². The summed E-state index contributed by atoms with van der Waals surface area (Å²) in [5.41, 5.74) is 3.23. The zero-order chi connectivity index (χ0) is 24.0. The quantitative estimate of drug-likeness (QED) is 0.495. The highest BCUT2D eigenvalue weighted by molar-refractivity contribution is 7.92. The maximum atomic E-state index is 12.7. The SMILES string of the molecule is CC1CCCN(Cc2ccccc2CNC(=O)c2ccc(NS(=O)(=O)c3ccccc3)cc2)C1. The number of nitrogens with one attached hydrogen (secondary N) is 2. The lowest BCUT2D eigenvalue weighted by Crippen LogP contribution is -2.34. The molecule has 1 amide bonds. The van der Waals surface area contributed by atoms with Gasteiger partial charge < -0.3 is 5.32 Å². The molecule has 3 aromatic carbocycles. The van der Waals surface area contributed by atoms with Crippen LogP contribution in [0.4, 0.5) is 5.69 Å². The van der Waals surface area contributed by atoms with E-state index in [4.69, 9.17) is 0 Å². The minimum Gasteiger partial charge on any atom is -0.348 e. The largest absolute Gasteiger partial charge is 0.348 e. The van der Waals surface area contributed by atoms with E-state index in [1.54, 1.807) is 42.5 Å². The van der Waals surface area contributed by atoms with Gasteiger partial charge in [0.25, 0.3) is 15.9 Å². The highest BCUT2D eigenvalue weighted by Crippen LogP contribution is 2.20. The molecule has 4 rings (SSSR count). The molecule has 7 heteroatoms. The smallest absolute Gasteiger partial charge is 0.261 e. The van der Waals surface area contributed by atoms with Crippen molar-refractivity contribution in [2.24, 2.45) is 5.92 Å². The minimum absolute atomic E-state index is 0.189. The molecular weight excluding hydrogens is 446 g/mol. The van der Waals surface area contributed by atoms with Crippen molar-refractivity contribution < 1.29 is 13.2 Å². The summed E-state index contributed by atoms with van der Waals surface area (Å²) in [6.45, 7) is 5.87. The summed E-state index contributed by atoms with van der Waals surface area (Å²) >= 11 is 0. The van der Waals surface area contributed by atoms with E-state index in [-0.39, 0.29) is 10.8 Å². The molecule has 3 aromatic rings. The van der Waals surface area contributed by atoms with Crippen molar-refractivity contribution in [3.8, 4) is 0 Å². The molecule has 1 aliphatic rings. The van der Waals surface area contributed by atoms with E-state index in [1.807, 2.05) is 12.1 Å². The Morgan fingerprint density at radius 3 is 2.32 bits per heavy atom. The zero-order valence-electron chi connectivity index (χ0n) is 19.4. The minimum atomic E-state index is -3.67. The second kappa shape index (κ2) is 10.8. The topological polar surface area (TPSA) is 78.5 Å². The third-order valence-corrected chi connectivity index (χ3v) is 7.54. The number of carbonyl (C=O) groups is 1. The Balaban J connectivity index is 1.36. The van der Waals surface area contributed by atoms with Gasteiger partial charge in [-0.05, 0) is 72.8 Å². The molecule has 1 atom stereocenters. The van der Waals surface area contributed by atoms with E-state index in [2.05, 4.69) is 34.0 Å². The Morgan fingerprint density at radius 1 is 0.941 bits per heavy atom. The monoisotopic (exact) mass is 477 g/mol. The van der Waals surface area contributed by atoms with Crippen LogP contribution in [-0.4, -0.2) is 32.3 Å². The molecule has 1 aliphatic heterocycles. The predicted molar refractivity (Wildman–Crippen MR) is 135 cm³/mol. The molecule has 1 unspecified atom stereocenters. The van der Waals surface area contributed by atoms with Crippen LogP contribution in [0.15, 0.2) is 83.8 Å². The van der Waals surface area contributed by atoms with Crippen LogP contribution in [0.25, 0.3) is 0 Å². The normalized spacial score (nSPS) is 16.7. The standard InChI is InChI=1S/C27H31N3O3S/c1-21-8-7-17-30(19-21)20-24-10-6-5-9-23(24)18-28-27(31)22-13-15-25(16-14-22)29-34(32,33)26-11-3-2-4-12-26/h2-6,9-16,21,29H,7-8,17-20H2,1H3,(H,28,31). The Labute approximate surface area is 202 Å². The zero-order valence-corrected chi connectivity index (χ0v) is 20.2. The van der Waals surface area contributed by atoms with Crippen molar-refractivity contribution in [2.45, 2.75) is 37.8 Å². The number of rotatable bonds is 8. The maximum Gasteiger partial charge on any atom is 0.261 e. The van der Waals surface area contributed by atoms with E-state index in [0.29, 0.717) is 17.8 Å². The molecule has 2 N–H and O–H groups in total. The summed E-state index contributed by atoms with van der Waals surface area (Å²) in [7, 11) is -3.67. The van der Waals surface area contributed by atoms with Crippen LogP contribution in [0.2, 0.25) is 0 Å². The molecule has 1 saturated heterocycles. The van der Waals surface area contributed by atoms with Gasteiger partial charge in [0.15, 0.2) is 0 Å². The Bertz CT molecular complexity index is 1210. The predicted octanol–water partition coefficient (Wildman–Crippen LogP) is 4.65. The summed E-state index contributed by atoms with van der Waals surface area (Å²) in [6.07, 6.45) is 2.53. The maximum absolute atomic E-state index is 12.7. The number of nitrogens with zero attached hydrogens (tertiary/aromatic N) is 1. The van der Waals surface area contributed by atoms with Crippen molar-refractivity contribution in [1.82, 2.24) is 10.2 Å². The van der Waals surface area contributed by atoms with Gasteiger partial charge in [0.05, 0.1) is 4.90 Å². The second-order valence-corrected chi connectivity index (χ2v) is 10.6. The summed E-state index contributed by atoms with van der Waals surface area (Å²) < 4.78 is 27.5. The molecular formula is C27H31N3O3S. The number of anilines is 1. The van der Waals surface area contributed by atoms with Crippen LogP contribution in [-0.2, 0) is 23.1 Å². The highest BCUT2D eigenvalue weighted by atomic mass is 32.2. The van der Waals surface area contributed by atoms with Crippen molar-refractivity contribution in [1.29, 1.82) is 0 Å². The van der Waals surface area contributed by atoms with Crippen molar-refractivity contribution >= 4 is 21.6 Å². The van der Waals surface area contributed by atoms with Crippen LogP contribution in [0.1, 0.15) is 41.3 Å². The van der Waals surface area contributed by atoms with Crippen LogP contribution in [0.5, 0.6) is 0 Å². The molecule has 1 fully saturated rings. The molecule has 0 saturated carbocycles. The number of hydrogen-bond donors (Lipinski definition) is 2.